The van der Waals surface area contributed by atoms with Gasteiger partial charge in [-0.25, -0.2) is 0 Å². The molecule has 0 radical (unpaired) electrons. The summed E-state index contributed by atoms with van der Waals surface area (Å²) in [5.74, 6) is -3.81. The Kier molecular flexibility index (Phi) is 36.2. The number of nitro benzene ring substituents is 3. The number of alkyl halides is 1. The quantitative estimate of drug-likeness (QED) is 0.0133. The van der Waals surface area contributed by atoms with Gasteiger partial charge in [-0.15, -0.1) is 23.5 Å². The molecule has 0 bridgehead atoms. The van der Waals surface area contributed by atoms with Crippen molar-refractivity contribution in [3.05, 3.63) is 124 Å². The van der Waals surface area contributed by atoms with Crippen molar-refractivity contribution in [3.8, 4) is 17.2 Å². The maximum Gasteiger partial charge on any atom is 0.311 e. The first-order valence-corrected chi connectivity index (χ1v) is 36.1. The van der Waals surface area contributed by atoms with E-state index in [1.54, 1.807) is 0 Å². The number of unbranched alkanes of at least 4 members (excludes halogenated alkanes) is 4. The predicted molar refractivity (Wildman–Crippen MR) is 372 cm³/mol. The molecule has 15 N–H and O–H groups in total. The number of rotatable bonds is 33. The Labute approximate surface area is 626 Å². The minimum atomic E-state index is -1.52. The van der Waals surface area contributed by atoms with Crippen LogP contribution in [0.2, 0.25) is 0 Å². The number of aliphatic hydroxyl groups is 12. The number of aliphatic hydroxyl groups excluding tert-OH is 12. The number of hydrogen-bond donors (Lipinski definition) is 14. The summed E-state index contributed by atoms with van der Waals surface area (Å²) < 4.78 is 77.4. The molecular weight excluding hydrogens is 1490 g/mol. The Morgan fingerprint density at radius 1 is 0.574 bits per heavy atom. The smallest absolute Gasteiger partial charge is 0.311 e. The third-order valence-corrected chi connectivity index (χ3v) is 19.4. The minimum Gasteiger partial charge on any atom is -0.462 e. The second-order valence-corrected chi connectivity index (χ2v) is 26.9. The number of benzene rings is 3. The largest absolute Gasteiger partial charge is 0.462 e. The Morgan fingerprint density at radius 2 is 0.935 bits per heavy atom. The van der Waals surface area contributed by atoms with Gasteiger partial charge in [0.2, 0.25) is 17.5 Å². The zero-order valence-corrected chi connectivity index (χ0v) is 59.9. The first-order valence-electron chi connectivity index (χ1n) is 34.9. The molecule has 38 nitrogen and oxygen atoms in total. The van der Waals surface area contributed by atoms with Crippen LogP contribution in [0.4, 0.5) is 21.5 Å². The van der Waals surface area contributed by atoms with E-state index >= 15 is 0 Å². The summed E-state index contributed by atoms with van der Waals surface area (Å²) in [5.41, 5.74) is 5.13. The topological polar surface area (TPSA) is 580 Å². The van der Waals surface area contributed by atoms with Gasteiger partial charge in [-0.2, -0.15) is 0 Å². The van der Waals surface area contributed by atoms with Gasteiger partial charge in [0.25, 0.3) is 17.1 Å². The van der Waals surface area contributed by atoms with E-state index in [1.807, 2.05) is 0 Å². The van der Waals surface area contributed by atoms with Gasteiger partial charge in [-0.05, 0) is 81.5 Å². The van der Waals surface area contributed by atoms with Gasteiger partial charge in [0.05, 0.1) is 96.5 Å². The first-order chi connectivity index (χ1) is 52.1. The number of nitrogens with one attached hydrogen (secondary N) is 1. The number of nitro groups is 3. The van der Waals surface area contributed by atoms with Crippen LogP contribution in [-0.4, -0.2) is 269 Å². The molecule has 10 unspecified atom stereocenters. The number of thioether (sulfide) groups is 2. The van der Waals surface area contributed by atoms with E-state index in [9.17, 15) is 115 Å². The van der Waals surface area contributed by atoms with E-state index in [0.29, 0.717) is 61.8 Å². The molecule has 0 aromatic heterocycles. The number of carbonyl (C=O) groups excluding carboxylic acids is 4. The molecule has 2 saturated heterocycles. The molecule has 1 amide bonds. The highest BCUT2D eigenvalue weighted by Gasteiger charge is 2.57. The Balaban J connectivity index is 0.000000268. The molecule has 9 rings (SSSR count). The zero-order valence-electron chi connectivity index (χ0n) is 59.2. The third kappa shape index (κ3) is 26.2. The van der Waals surface area contributed by atoms with Crippen LogP contribution in [0, 0.1) is 30.3 Å². The first kappa shape index (κ1) is 87.9. The van der Waals surface area contributed by atoms with Crippen LogP contribution in [0.3, 0.4) is 0 Å². The highest BCUT2D eigenvalue weighted by Crippen LogP contribution is 2.49. The van der Waals surface area contributed by atoms with Crippen LogP contribution in [0.15, 0.2) is 94.1 Å². The molecule has 602 valence electrons. The fraction of sp³-hybridized carbons (Fsp3) is 0.612. The SMILES string of the molecule is NCCCOC1OC(CO)C(O)C2=C1SC[C@]1(CC(O)C(O)[C@H]([C@H](O)CO)O1)O2.O=C(CCCC(=O)Oc1ccc([N+](=O)[O-])cc1)Oc1ccc([N+](=O)[O-])cc1.O=C(CCCCC(=O)Oc1ccc([N+](=O)[O-])cc1)NCCCCCCOC1OC(CO)C(O)C2=C1SC[C@]1(CC(O)C(O)[C@H]([C@H](O)CO)O1)O2.[2H]CF. The monoisotopic (exact) mass is 1580 g/mol. The number of ether oxygens (including phenoxy) is 11. The fourth-order valence-electron chi connectivity index (χ4n) is 11.2. The van der Waals surface area contributed by atoms with E-state index in [-0.39, 0.29) is 108 Å². The summed E-state index contributed by atoms with van der Waals surface area (Å²) in [5, 5.41) is 155. The molecular formula is C67H92FN5O33S2. The Hall–Kier alpha value is -7.31. The maximum atomic E-state index is 12.1. The van der Waals surface area contributed by atoms with Crippen molar-refractivity contribution in [2.75, 3.05) is 71.4 Å². The molecule has 3 aromatic rings. The van der Waals surface area contributed by atoms with E-state index in [1.165, 1.54) is 96.3 Å². The van der Waals surface area contributed by atoms with Gasteiger partial charge in [0.1, 0.15) is 89.8 Å². The van der Waals surface area contributed by atoms with Gasteiger partial charge in [-0.3, -0.25) is 53.9 Å². The number of halogens is 1. The molecule has 2 fully saturated rings. The van der Waals surface area contributed by atoms with Crippen LogP contribution in [0.5, 0.6) is 17.2 Å². The molecule has 3 aromatic carbocycles. The van der Waals surface area contributed by atoms with Gasteiger partial charge in [0.15, 0.2) is 12.6 Å². The van der Waals surface area contributed by atoms with Gasteiger partial charge < -0.3 is 124 Å². The van der Waals surface area contributed by atoms with E-state index in [2.05, 4.69) is 5.32 Å². The molecule has 41 heteroatoms. The maximum absolute atomic E-state index is 12.1. The van der Waals surface area contributed by atoms with Crippen molar-refractivity contribution < 1.29 is 153 Å². The van der Waals surface area contributed by atoms with E-state index in [4.69, 9.17) is 59.2 Å². The number of hydrogen-bond acceptors (Lipinski definition) is 36. The summed E-state index contributed by atoms with van der Waals surface area (Å²) in [6, 6.07) is 15.3. The summed E-state index contributed by atoms with van der Waals surface area (Å²) in [6.45, 7) is -0.862. The standard InChI is InChI=1S/C32H46N2O15S.C17H14N2O8.C17H29NO10S.CH3F/c35-16-22(38)28-26(41)21(37)15-32(48-28)18-50-30-29(49-32)27(42)23(17-36)47-31(30)45-14-6-2-1-5-13-33-24(39)7-3-4-8-25(40)46-20-11-9-19(10-12-20)34(43)44;20-16(26-14-8-4-12(5-9-14)18(22)23)2-1-3-17(21)27-15-10-6-13(7-11-15)19(24)25;18-2-1-3-25-16-15-14(12(24)10(6-20)26-16)28-17(7-29-15)4-8(21)11(23)13(27-17)9(22)5-19;1-2/h9-12,21-23,26-28,31,35-38,41-42H,1-8,13-18H2,(H,33,39);4-11H,1-3H2;8-13,16,19-24H,1-7,18H2;1H3/t21?,22-,23?,26?,27?,28+,31?,32+;;8?,9-,10?,11?,12?,13+,16?,17+;/m1.1./s1/i;;;1D. The van der Waals surface area contributed by atoms with Crippen LogP contribution in [0.1, 0.15) is 91.3 Å². The third-order valence-electron chi connectivity index (χ3n) is 16.8. The number of carbonyl (C=O) groups is 4. The summed E-state index contributed by atoms with van der Waals surface area (Å²) in [7, 11) is -1.00. The molecule has 0 saturated carbocycles. The number of amides is 1. The van der Waals surface area contributed by atoms with Crippen molar-refractivity contribution in [1.82, 2.24) is 5.32 Å². The summed E-state index contributed by atoms with van der Waals surface area (Å²) in [6.07, 6.45) is -12.8. The van der Waals surface area contributed by atoms with E-state index < -0.39 is 164 Å². The molecule has 6 aliphatic rings. The second-order valence-electron chi connectivity index (χ2n) is 24.9. The fourth-order valence-corrected chi connectivity index (χ4v) is 13.6. The zero-order chi connectivity index (χ0) is 80.0. The number of esters is 3. The minimum absolute atomic E-state index is 0.0493. The predicted octanol–water partition coefficient (Wildman–Crippen LogP) is 1.10. The van der Waals surface area contributed by atoms with Crippen LogP contribution in [0.25, 0.3) is 0 Å². The lowest BCUT2D eigenvalue weighted by Crippen LogP contribution is -2.62. The van der Waals surface area contributed by atoms with Crippen LogP contribution in [-0.2, 0) is 57.1 Å². The van der Waals surface area contributed by atoms with Crippen LogP contribution >= 0.6 is 23.5 Å². The lowest BCUT2D eigenvalue weighted by molar-refractivity contribution is -0.385. The molecule has 108 heavy (non-hydrogen) atoms. The summed E-state index contributed by atoms with van der Waals surface area (Å²) in [4.78, 5) is 78.5. The highest BCUT2D eigenvalue weighted by atomic mass is 32.2. The number of nitrogens with two attached hydrogens (primary N) is 1. The van der Waals surface area contributed by atoms with Crippen LogP contribution < -0.4 is 25.3 Å². The lowest BCUT2D eigenvalue weighted by Gasteiger charge is -2.50. The van der Waals surface area contributed by atoms with Gasteiger partial charge in [-0.1, -0.05) is 12.8 Å². The van der Waals surface area contributed by atoms with Crippen molar-refractivity contribution in [1.29, 1.82) is 0 Å². The average molecular weight is 1580 g/mol. The Bertz CT molecular complexity index is 3400. The molecule has 16 atom stereocenters. The van der Waals surface area contributed by atoms with Crippen molar-refractivity contribution in [2.45, 2.75) is 187 Å². The van der Waals surface area contributed by atoms with Gasteiger partial charge in [0, 0.05) is 81.5 Å². The van der Waals surface area contributed by atoms with Crippen molar-refractivity contribution in [2.24, 2.45) is 5.73 Å². The molecule has 0 aliphatic carbocycles. The molecule has 6 aliphatic heterocycles. The van der Waals surface area contributed by atoms with Crippen molar-refractivity contribution >= 4 is 64.4 Å². The molecule has 2 spiro atoms. The second kappa shape index (κ2) is 44.5. The van der Waals surface area contributed by atoms with Crippen molar-refractivity contribution in [3.63, 3.8) is 0 Å². The number of non-ortho nitro benzene ring substituents is 3. The van der Waals surface area contributed by atoms with Gasteiger partial charge >= 0.3 is 17.9 Å². The number of nitrogens with zero attached hydrogens (tertiary/aromatic N) is 3. The lowest BCUT2D eigenvalue weighted by atomic mass is 9.93. The average Bonchev–Trinajstić information content (AvgIpc) is 0.752. The normalized spacial score (nSPS) is 26.9. The summed E-state index contributed by atoms with van der Waals surface area (Å²) >= 11 is 2.44. The highest BCUT2D eigenvalue weighted by molar-refractivity contribution is 8.03. The van der Waals surface area contributed by atoms with E-state index in [0.717, 1.165) is 19.3 Å². The molecule has 6 heterocycles. The Morgan fingerprint density at radius 3 is 1.30 bits per heavy atom.